The predicted molar refractivity (Wildman–Crippen MR) is 73.3 cm³/mol. The van der Waals surface area contributed by atoms with Gasteiger partial charge >= 0.3 is 0 Å². The average Bonchev–Trinajstić information content (AvgIpc) is 2.89. The van der Waals surface area contributed by atoms with Gasteiger partial charge < -0.3 is 19.9 Å². The quantitative estimate of drug-likeness (QED) is 0.564. The van der Waals surface area contributed by atoms with Crippen LogP contribution in [0.3, 0.4) is 0 Å². The van der Waals surface area contributed by atoms with Crippen molar-refractivity contribution in [3.8, 4) is 11.8 Å². The molecule has 104 valence electrons. The average molecular weight is 283 g/mol. The maximum absolute atomic E-state index is 11.7. The lowest BCUT2D eigenvalue weighted by Gasteiger charge is -2.04. The number of carbonyl (C=O) groups excluding carboxylic acids is 1. The van der Waals surface area contributed by atoms with Gasteiger partial charge in [0.2, 0.25) is 0 Å². The molecule has 5 nitrogen and oxygen atoms in total. The van der Waals surface area contributed by atoms with E-state index in [4.69, 9.17) is 14.6 Å². The maximum Gasteiger partial charge on any atom is 0.252 e. The van der Waals surface area contributed by atoms with Crippen molar-refractivity contribution >= 4 is 17.2 Å². The Balaban J connectivity index is 2.27. The summed E-state index contributed by atoms with van der Waals surface area (Å²) in [6, 6.07) is 1.70. The first-order valence-electron chi connectivity index (χ1n) is 5.81. The molecule has 0 aliphatic carbocycles. The van der Waals surface area contributed by atoms with E-state index in [-0.39, 0.29) is 12.5 Å². The number of amides is 1. The zero-order valence-electron chi connectivity index (χ0n) is 10.8. The number of hydrogen-bond acceptors (Lipinski definition) is 5. The summed E-state index contributed by atoms with van der Waals surface area (Å²) in [6.07, 6.45) is 0. The third-order valence-electron chi connectivity index (χ3n) is 2.12. The van der Waals surface area contributed by atoms with Gasteiger partial charge in [-0.05, 0) is 6.07 Å². The highest BCUT2D eigenvalue weighted by atomic mass is 32.1. The van der Waals surface area contributed by atoms with Gasteiger partial charge in [-0.15, -0.1) is 11.3 Å². The lowest BCUT2D eigenvalue weighted by atomic mass is 10.3. The molecule has 1 aromatic rings. The van der Waals surface area contributed by atoms with Crippen LogP contribution in [0.15, 0.2) is 11.4 Å². The molecule has 0 bridgehead atoms. The predicted octanol–water partition coefficient (Wildman–Crippen LogP) is 0.485. The van der Waals surface area contributed by atoms with Crippen molar-refractivity contribution in [3.05, 3.63) is 21.9 Å². The molecule has 0 saturated heterocycles. The van der Waals surface area contributed by atoms with E-state index in [1.54, 1.807) is 18.6 Å². The summed E-state index contributed by atoms with van der Waals surface area (Å²) >= 11 is 1.37. The van der Waals surface area contributed by atoms with Crippen molar-refractivity contribution in [1.82, 2.24) is 5.32 Å². The van der Waals surface area contributed by atoms with Gasteiger partial charge in [-0.3, -0.25) is 4.79 Å². The zero-order valence-corrected chi connectivity index (χ0v) is 11.6. The highest BCUT2D eigenvalue weighted by molar-refractivity contribution is 7.10. The third kappa shape index (κ3) is 6.36. The standard InChI is InChI=1S/C13H17NO4S/c1-17-7-8-18-6-4-14-13(16)11-9-12(19-10-11)3-2-5-15/h9-10,15H,4-8H2,1H3,(H,14,16). The van der Waals surface area contributed by atoms with E-state index in [0.29, 0.717) is 31.9 Å². The van der Waals surface area contributed by atoms with E-state index < -0.39 is 0 Å². The molecule has 0 unspecified atom stereocenters. The van der Waals surface area contributed by atoms with Crippen LogP contribution >= 0.6 is 11.3 Å². The summed E-state index contributed by atoms with van der Waals surface area (Å²) in [6.45, 7) is 1.79. The van der Waals surface area contributed by atoms with Crippen molar-refractivity contribution in [2.45, 2.75) is 0 Å². The Labute approximate surface area is 116 Å². The van der Waals surface area contributed by atoms with E-state index >= 15 is 0 Å². The molecule has 2 N–H and O–H groups in total. The van der Waals surface area contributed by atoms with Gasteiger partial charge in [0.05, 0.1) is 30.3 Å². The summed E-state index contributed by atoms with van der Waals surface area (Å²) in [5.74, 6) is 5.15. The van der Waals surface area contributed by atoms with Gasteiger partial charge in [-0.2, -0.15) is 0 Å². The summed E-state index contributed by atoms with van der Waals surface area (Å²) in [5.41, 5.74) is 0.573. The second-order valence-corrected chi connectivity index (χ2v) is 4.43. The topological polar surface area (TPSA) is 67.8 Å². The second-order valence-electron chi connectivity index (χ2n) is 3.52. The fourth-order valence-corrected chi connectivity index (χ4v) is 1.99. The number of thiophene rings is 1. The molecule has 1 aromatic heterocycles. The fourth-order valence-electron chi connectivity index (χ4n) is 1.23. The van der Waals surface area contributed by atoms with Crippen LogP contribution in [-0.4, -0.2) is 51.1 Å². The number of aliphatic hydroxyl groups is 1. The molecule has 19 heavy (non-hydrogen) atoms. The third-order valence-corrected chi connectivity index (χ3v) is 2.96. The largest absolute Gasteiger partial charge is 0.384 e. The molecule has 0 aliphatic rings. The van der Waals surface area contributed by atoms with Crippen molar-refractivity contribution in [1.29, 1.82) is 0 Å². The smallest absolute Gasteiger partial charge is 0.252 e. The van der Waals surface area contributed by atoms with Gasteiger partial charge in [0.1, 0.15) is 6.61 Å². The van der Waals surface area contributed by atoms with Crippen molar-refractivity contribution in [3.63, 3.8) is 0 Å². The number of nitrogens with one attached hydrogen (secondary N) is 1. The molecule has 1 amide bonds. The number of hydrogen-bond donors (Lipinski definition) is 2. The molecule has 1 heterocycles. The molecular weight excluding hydrogens is 266 g/mol. The summed E-state index contributed by atoms with van der Waals surface area (Å²) in [7, 11) is 1.61. The van der Waals surface area contributed by atoms with E-state index in [1.165, 1.54) is 11.3 Å². The molecule has 0 saturated carbocycles. The highest BCUT2D eigenvalue weighted by Crippen LogP contribution is 2.13. The van der Waals surface area contributed by atoms with E-state index in [1.807, 2.05) is 0 Å². The van der Waals surface area contributed by atoms with E-state index in [2.05, 4.69) is 17.2 Å². The van der Waals surface area contributed by atoms with Gasteiger partial charge in [-0.1, -0.05) is 11.8 Å². The lowest BCUT2D eigenvalue weighted by molar-refractivity contribution is 0.0693. The molecule has 6 heteroatoms. The number of ether oxygens (including phenoxy) is 2. The van der Waals surface area contributed by atoms with Gasteiger partial charge in [-0.25, -0.2) is 0 Å². The Hall–Kier alpha value is -1.39. The maximum atomic E-state index is 11.7. The van der Waals surface area contributed by atoms with Crippen LogP contribution in [0.1, 0.15) is 15.2 Å². The number of rotatable bonds is 7. The minimum Gasteiger partial charge on any atom is -0.384 e. The molecule has 0 spiro atoms. The van der Waals surface area contributed by atoms with Crippen molar-refractivity contribution in [2.75, 3.05) is 40.1 Å². The van der Waals surface area contributed by atoms with Gasteiger partial charge in [0.15, 0.2) is 0 Å². The molecule has 0 radical (unpaired) electrons. The fraction of sp³-hybridized carbons (Fsp3) is 0.462. The lowest BCUT2D eigenvalue weighted by Crippen LogP contribution is -2.27. The molecule has 0 fully saturated rings. The SMILES string of the molecule is COCCOCCNC(=O)c1csc(C#CCO)c1. The van der Waals surface area contributed by atoms with Gasteiger partial charge in [0, 0.05) is 19.0 Å². The summed E-state index contributed by atoms with van der Waals surface area (Å²) in [4.78, 5) is 12.5. The number of aliphatic hydroxyl groups excluding tert-OH is 1. The van der Waals surface area contributed by atoms with Crippen LogP contribution < -0.4 is 5.32 Å². The Morgan fingerprint density at radius 1 is 1.47 bits per heavy atom. The van der Waals surface area contributed by atoms with Crippen LogP contribution in [0.25, 0.3) is 0 Å². The first kappa shape index (κ1) is 15.7. The Kier molecular flexibility index (Phi) is 7.86. The first-order chi connectivity index (χ1) is 9.27. The second kappa shape index (κ2) is 9.53. The van der Waals surface area contributed by atoms with Crippen LogP contribution in [0.4, 0.5) is 0 Å². The molecule has 0 aromatic carbocycles. The highest BCUT2D eigenvalue weighted by Gasteiger charge is 2.06. The normalized spacial score (nSPS) is 9.79. The Bertz CT molecular complexity index is 447. The Morgan fingerprint density at radius 3 is 3.05 bits per heavy atom. The number of methoxy groups -OCH3 is 1. The van der Waals surface area contributed by atoms with Crippen LogP contribution in [0.5, 0.6) is 0 Å². The Morgan fingerprint density at radius 2 is 2.32 bits per heavy atom. The van der Waals surface area contributed by atoms with E-state index in [0.717, 1.165) is 4.88 Å². The molecule has 0 aliphatic heterocycles. The van der Waals surface area contributed by atoms with Crippen molar-refractivity contribution < 1.29 is 19.4 Å². The van der Waals surface area contributed by atoms with Crippen molar-refractivity contribution in [2.24, 2.45) is 0 Å². The first-order valence-corrected chi connectivity index (χ1v) is 6.69. The minimum atomic E-state index is -0.182. The molecule has 0 atom stereocenters. The summed E-state index contributed by atoms with van der Waals surface area (Å²) < 4.78 is 10.1. The monoisotopic (exact) mass is 283 g/mol. The zero-order chi connectivity index (χ0) is 13.9. The van der Waals surface area contributed by atoms with Crippen LogP contribution in [0, 0.1) is 11.8 Å². The van der Waals surface area contributed by atoms with Gasteiger partial charge in [0.25, 0.3) is 5.91 Å². The van der Waals surface area contributed by atoms with Crippen LogP contribution in [0.2, 0.25) is 0 Å². The number of carbonyl (C=O) groups is 1. The molecule has 1 rings (SSSR count). The summed E-state index contributed by atoms with van der Waals surface area (Å²) in [5, 5.41) is 13.1. The molecular formula is C13H17NO4S. The van der Waals surface area contributed by atoms with E-state index in [9.17, 15) is 4.79 Å². The van der Waals surface area contributed by atoms with Crippen LogP contribution in [-0.2, 0) is 9.47 Å². The minimum absolute atomic E-state index is 0.149.